The van der Waals surface area contributed by atoms with Crippen molar-refractivity contribution in [2.75, 3.05) is 0 Å². The Balaban J connectivity index is 1.68. The fraction of sp³-hybridized carbons (Fsp3) is 0.0500. The highest BCUT2D eigenvalue weighted by molar-refractivity contribution is 5.81. The average molecular weight is 355 g/mol. The number of rotatable bonds is 3. The first kappa shape index (κ1) is 15.4. The average Bonchev–Trinajstić information content (AvgIpc) is 3.30. The van der Waals surface area contributed by atoms with E-state index in [2.05, 4.69) is 24.9 Å². The molecule has 0 bridgehead atoms. The lowest BCUT2D eigenvalue weighted by Crippen LogP contribution is -2.32. The van der Waals surface area contributed by atoms with E-state index in [0.29, 0.717) is 22.2 Å². The van der Waals surface area contributed by atoms with Crippen molar-refractivity contribution in [3.8, 4) is 11.5 Å². The van der Waals surface area contributed by atoms with Crippen molar-refractivity contribution in [3.05, 3.63) is 83.1 Å². The first-order valence-corrected chi connectivity index (χ1v) is 8.37. The van der Waals surface area contributed by atoms with E-state index in [-0.39, 0.29) is 5.69 Å². The van der Waals surface area contributed by atoms with Gasteiger partial charge in [-0.2, -0.15) is 0 Å². The normalized spacial score (nSPS) is 14.4. The molecular formula is C20H13N5O2. The molecule has 1 aliphatic heterocycles. The molecule has 7 nitrogen and oxygen atoms in total. The van der Waals surface area contributed by atoms with Crippen molar-refractivity contribution in [2.45, 2.75) is 5.66 Å². The summed E-state index contributed by atoms with van der Waals surface area (Å²) in [5.74, 6) is -0.609. The highest BCUT2D eigenvalue weighted by atomic mass is 16.4. The maximum absolute atomic E-state index is 12.1. The van der Waals surface area contributed by atoms with Gasteiger partial charge in [0.05, 0.1) is 21.7 Å². The minimum absolute atomic E-state index is 0.240. The molecule has 2 N–H and O–H groups in total. The number of H-pyrrole nitrogens is 1. The Hall–Kier alpha value is -3.87. The molecule has 5 rings (SSSR count). The monoisotopic (exact) mass is 355 g/mol. The molecule has 0 amide bonds. The van der Waals surface area contributed by atoms with E-state index < -0.39 is 11.6 Å². The molecule has 3 heterocycles. The second-order valence-corrected chi connectivity index (χ2v) is 6.20. The van der Waals surface area contributed by atoms with E-state index >= 15 is 0 Å². The van der Waals surface area contributed by atoms with Crippen molar-refractivity contribution < 1.29 is 9.90 Å². The summed E-state index contributed by atoms with van der Waals surface area (Å²) in [7, 11) is 0. The molecule has 27 heavy (non-hydrogen) atoms. The number of para-hydroxylation sites is 4. The molecule has 2 aromatic carbocycles. The number of nitrogens with zero attached hydrogens (tertiary/aromatic N) is 4. The number of aromatic amines is 1. The topological polar surface area (TPSA) is 104 Å². The maximum atomic E-state index is 12.1. The van der Waals surface area contributed by atoms with E-state index in [1.807, 2.05) is 24.3 Å². The second-order valence-electron chi connectivity index (χ2n) is 6.20. The Kier molecular flexibility index (Phi) is 3.17. The summed E-state index contributed by atoms with van der Waals surface area (Å²) in [5.41, 5.74) is 0.687. The third kappa shape index (κ3) is 2.32. The Morgan fingerprint density at radius 2 is 1.56 bits per heavy atom. The summed E-state index contributed by atoms with van der Waals surface area (Å²) >= 11 is 0. The highest BCUT2D eigenvalue weighted by Gasteiger charge is 2.43. The molecule has 130 valence electrons. The molecule has 0 unspecified atom stereocenters. The molecule has 0 radical (unpaired) electrons. The molecule has 2 aromatic heterocycles. The van der Waals surface area contributed by atoms with Crippen LogP contribution in [0.5, 0.6) is 0 Å². The van der Waals surface area contributed by atoms with Crippen molar-refractivity contribution in [3.63, 3.8) is 0 Å². The summed E-state index contributed by atoms with van der Waals surface area (Å²) < 4.78 is 0. The zero-order valence-corrected chi connectivity index (χ0v) is 14.0. The molecular weight excluding hydrogens is 342 g/mol. The van der Waals surface area contributed by atoms with Crippen molar-refractivity contribution in [1.82, 2.24) is 15.0 Å². The van der Waals surface area contributed by atoms with Crippen LogP contribution in [0.1, 0.15) is 5.69 Å². The number of aliphatic carboxylic acids is 1. The zero-order valence-electron chi connectivity index (χ0n) is 14.0. The standard InChI is InChI=1S/C20H13N5O2/c26-19(27)20(24-14-8-3-4-9-15(14)25-20)17-11-5-10-16(21-17)18-22-12-6-1-2-7-13(12)23-18/h1-11H,(H,22,23)(H,26,27). The van der Waals surface area contributed by atoms with Crippen molar-refractivity contribution in [2.24, 2.45) is 9.98 Å². The Labute approximate surface area is 152 Å². The number of carbonyl (C=O) groups is 1. The molecule has 0 saturated carbocycles. The van der Waals surface area contributed by atoms with Gasteiger partial charge in [0, 0.05) is 0 Å². The van der Waals surface area contributed by atoms with Crippen LogP contribution in [-0.2, 0) is 10.5 Å². The number of hydrogen-bond donors (Lipinski definition) is 2. The van der Waals surface area contributed by atoms with Crippen LogP contribution in [0, 0.1) is 0 Å². The number of carboxylic acids is 1. The van der Waals surface area contributed by atoms with Gasteiger partial charge in [0.15, 0.2) is 5.82 Å². The van der Waals surface area contributed by atoms with Crippen LogP contribution in [0.25, 0.3) is 22.6 Å². The van der Waals surface area contributed by atoms with Gasteiger partial charge in [0.25, 0.3) is 5.66 Å². The molecule has 7 heteroatoms. The van der Waals surface area contributed by atoms with Gasteiger partial charge in [-0.25, -0.2) is 24.7 Å². The number of hydrogen-bond acceptors (Lipinski definition) is 5. The van der Waals surface area contributed by atoms with Crippen LogP contribution >= 0.6 is 0 Å². The summed E-state index contributed by atoms with van der Waals surface area (Å²) in [4.78, 5) is 33.1. The van der Waals surface area contributed by atoms with Gasteiger partial charge in [-0.15, -0.1) is 0 Å². The minimum atomic E-state index is -1.79. The van der Waals surface area contributed by atoms with Crippen LogP contribution in [-0.4, -0.2) is 26.0 Å². The summed E-state index contributed by atoms with van der Waals surface area (Å²) in [6.07, 6.45) is 0. The van der Waals surface area contributed by atoms with Gasteiger partial charge in [-0.3, -0.25) is 0 Å². The van der Waals surface area contributed by atoms with Gasteiger partial charge >= 0.3 is 5.97 Å². The van der Waals surface area contributed by atoms with Gasteiger partial charge in [-0.1, -0.05) is 30.3 Å². The smallest absolute Gasteiger partial charge is 0.361 e. The molecule has 0 spiro atoms. The Morgan fingerprint density at radius 3 is 2.26 bits per heavy atom. The molecule has 1 aliphatic rings. The van der Waals surface area contributed by atoms with E-state index in [1.54, 1.807) is 42.5 Å². The number of benzene rings is 2. The van der Waals surface area contributed by atoms with E-state index in [0.717, 1.165) is 11.0 Å². The van der Waals surface area contributed by atoms with Gasteiger partial charge in [0.1, 0.15) is 11.4 Å². The first-order valence-electron chi connectivity index (χ1n) is 8.37. The van der Waals surface area contributed by atoms with Crippen LogP contribution in [0.15, 0.2) is 76.7 Å². The molecule has 0 atom stereocenters. The number of imidazole rings is 1. The van der Waals surface area contributed by atoms with Gasteiger partial charge in [0.2, 0.25) is 0 Å². The molecule has 4 aromatic rings. The Bertz CT molecular complexity index is 1260. The number of fused-ring (bicyclic) bond motifs is 2. The van der Waals surface area contributed by atoms with Crippen LogP contribution in [0.3, 0.4) is 0 Å². The fourth-order valence-corrected chi connectivity index (χ4v) is 3.18. The Morgan fingerprint density at radius 1 is 0.852 bits per heavy atom. The molecule has 0 aliphatic carbocycles. The SMILES string of the molecule is O=C(O)C1(c2cccc(-c3nc4ccccc4[nH]3)n2)N=c2ccccc2=N1. The predicted molar refractivity (Wildman–Crippen MR) is 97.4 cm³/mol. The quantitative estimate of drug-likeness (QED) is 0.585. The lowest BCUT2D eigenvalue weighted by molar-refractivity contribution is -0.143. The van der Waals surface area contributed by atoms with Crippen molar-refractivity contribution in [1.29, 1.82) is 0 Å². The van der Waals surface area contributed by atoms with E-state index in [9.17, 15) is 9.90 Å². The molecule has 0 fully saturated rings. The predicted octanol–water partition coefficient (Wildman–Crippen LogP) is 1.82. The number of nitrogens with one attached hydrogen (secondary N) is 1. The van der Waals surface area contributed by atoms with Crippen LogP contribution in [0.2, 0.25) is 0 Å². The first-order chi connectivity index (χ1) is 13.2. The summed E-state index contributed by atoms with van der Waals surface area (Å²) in [5, 5.41) is 11.0. The molecule has 0 saturated heterocycles. The fourth-order valence-electron chi connectivity index (χ4n) is 3.18. The largest absolute Gasteiger partial charge is 0.478 e. The summed E-state index contributed by atoms with van der Waals surface area (Å²) in [6.45, 7) is 0. The second kappa shape index (κ2) is 5.57. The summed E-state index contributed by atoms with van der Waals surface area (Å²) in [6, 6.07) is 19.9. The van der Waals surface area contributed by atoms with Gasteiger partial charge < -0.3 is 10.1 Å². The van der Waals surface area contributed by atoms with E-state index in [4.69, 9.17) is 0 Å². The zero-order chi connectivity index (χ0) is 18.4. The van der Waals surface area contributed by atoms with Gasteiger partial charge in [-0.05, 0) is 36.4 Å². The minimum Gasteiger partial charge on any atom is -0.478 e. The van der Waals surface area contributed by atoms with E-state index in [1.165, 1.54) is 0 Å². The third-order valence-corrected chi connectivity index (χ3v) is 4.48. The third-order valence-electron chi connectivity index (χ3n) is 4.48. The lowest BCUT2D eigenvalue weighted by atomic mass is 10.1. The lowest BCUT2D eigenvalue weighted by Gasteiger charge is -2.17. The maximum Gasteiger partial charge on any atom is 0.361 e. The van der Waals surface area contributed by atoms with Crippen LogP contribution in [0.4, 0.5) is 0 Å². The van der Waals surface area contributed by atoms with Crippen LogP contribution < -0.4 is 10.7 Å². The highest BCUT2D eigenvalue weighted by Crippen LogP contribution is 2.29. The number of carboxylic acid groups (broad SMARTS) is 1. The number of pyridine rings is 1. The number of aromatic nitrogens is 3. The van der Waals surface area contributed by atoms with Crippen molar-refractivity contribution >= 4 is 17.0 Å².